The molecule has 7 nitrogen and oxygen atoms in total. The van der Waals surface area contributed by atoms with Gasteiger partial charge in [0, 0.05) is 41.7 Å². The number of carbonyl (C=O) groups is 1. The normalized spacial score (nSPS) is 18.1. The van der Waals surface area contributed by atoms with Gasteiger partial charge in [-0.05, 0) is 56.5 Å². The maximum Gasteiger partial charge on any atom is 0.306 e. The van der Waals surface area contributed by atoms with Crippen LogP contribution in [-0.4, -0.2) is 24.7 Å². The number of azide groups is 1. The molecule has 0 amide bonds. The lowest BCUT2D eigenvalue weighted by atomic mass is 9.86. The smallest absolute Gasteiger partial charge is 0.306 e. The first-order chi connectivity index (χ1) is 15.3. The number of hydrogen-bond donors (Lipinski definition) is 0. The molecule has 0 saturated heterocycles. The van der Waals surface area contributed by atoms with E-state index in [0.717, 1.165) is 11.1 Å². The third-order valence-corrected chi connectivity index (χ3v) is 5.49. The average Bonchev–Trinajstić information content (AvgIpc) is 3.14. The number of nitrogens with zero attached hydrogens (tertiary/aromatic N) is 3. The van der Waals surface area contributed by atoms with Gasteiger partial charge in [-0.15, -0.1) is 0 Å². The Hall–Kier alpha value is -3.09. The summed E-state index contributed by atoms with van der Waals surface area (Å²) < 4.78 is 31.3. The number of halogens is 1. The van der Waals surface area contributed by atoms with Gasteiger partial charge in [0.1, 0.15) is 17.2 Å². The Balaban J connectivity index is 1.68. The van der Waals surface area contributed by atoms with Crippen molar-refractivity contribution in [3.8, 4) is 0 Å². The van der Waals surface area contributed by atoms with Gasteiger partial charge in [-0.1, -0.05) is 22.8 Å². The van der Waals surface area contributed by atoms with Gasteiger partial charge >= 0.3 is 5.97 Å². The highest BCUT2D eigenvalue weighted by Crippen LogP contribution is 2.33. The summed E-state index contributed by atoms with van der Waals surface area (Å²) >= 11 is 0. The fourth-order valence-electron chi connectivity index (χ4n) is 3.90. The van der Waals surface area contributed by atoms with Crippen LogP contribution in [0.2, 0.25) is 0 Å². The molecule has 0 saturated carbocycles. The van der Waals surface area contributed by atoms with Crippen LogP contribution < -0.4 is 0 Å². The first-order valence-electron chi connectivity index (χ1n) is 10.7. The Kier molecular flexibility index (Phi) is 7.72. The summed E-state index contributed by atoms with van der Waals surface area (Å²) in [7, 11) is 0. The van der Waals surface area contributed by atoms with E-state index in [1.807, 2.05) is 26.0 Å². The van der Waals surface area contributed by atoms with Crippen LogP contribution in [0.3, 0.4) is 0 Å². The fraction of sp³-hybridized carbons (Fsp3) is 0.458. The van der Waals surface area contributed by atoms with Gasteiger partial charge in [-0.3, -0.25) is 4.79 Å². The van der Waals surface area contributed by atoms with Gasteiger partial charge in [0.25, 0.3) is 0 Å². The molecule has 0 fully saturated rings. The number of furan rings is 1. The molecule has 3 rings (SSSR count). The Labute approximate surface area is 186 Å². The van der Waals surface area contributed by atoms with Gasteiger partial charge in [0.2, 0.25) is 0 Å². The molecule has 1 heterocycles. The van der Waals surface area contributed by atoms with Crippen molar-refractivity contribution in [2.24, 2.45) is 5.11 Å². The zero-order valence-electron chi connectivity index (χ0n) is 18.7. The number of fused-ring (bicyclic) bond motifs is 1. The van der Waals surface area contributed by atoms with Gasteiger partial charge in [0.15, 0.2) is 0 Å². The van der Waals surface area contributed by atoms with Crippen LogP contribution in [0.25, 0.3) is 21.4 Å². The van der Waals surface area contributed by atoms with Crippen molar-refractivity contribution in [3.05, 3.63) is 69.1 Å². The Bertz CT molecular complexity index is 1100. The van der Waals surface area contributed by atoms with Crippen LogP contribution in [0, 0.1) is 5.82 Å². The SMILES string of the molecule is CCOC(=O)CCC1=C(C)CC(C)(OCc2cc(F)cc3cc(CCN=[N+]=[N-])oc23)C=C1. The zero-order chi connectivity index (χ0) is 23.1. The lowest BCUT2D eigenvalue weighted by Crippen LogP contribution is -2.28. The number of hydrogen-bond acceptors (Lipinski definition) is 5. The molecule has 0 N–H and O–H groups in total. The van der Waals surface area contributed by atoms with Crippen molar-refractivity contribution in [1.82, 2.24) is 0 Å². The molecule has 1 aliphatic carbocycles. The van der Waals surface area contributed by atoms with Crippen molar-refractivity contribution in [2.75, 3.05) is 13.2 Å². The largest absolute Gasteiger partial charge is 0.466 e. The topological polar surface area (TPSA) is 97.4 Å². The van der Waals surface area contributed by atoms with Crippen molar-refractivity contribution in [2.45, 2.75) is 58.7 Å². The van der Waals surface area contributed by atoms with Crippen molar-refractivity contribution >= 4 is 16.9 Å². The molecule has 2 aromatic rings. The Morgan fingerprint density at radius 3 is 2.88 bits per heavy atom. The molecule has 1 aromatic heterocycles. The zero-order valence-corrected chi connectivity index (χ0v) is 18.7. The molecule has 32 heavy (non-hydrogen) atoms. The third kappa shape index (κ3) is 5.99. The molecule has 170 valence electrons. The minimum Gasteiger partial charge on any atom is -0.466 e. The summed E-state index contributed by atoms with van der Waals surface area (Å²) in [5.74, 6) is 0.0753. The summed E-state index contributed by atoms with van der Waals surface area (Å²) in [6.07, 6.45) is 6.09. The van der Waals surface area contributed by atoms with Crippen LogP contribution in [0.5, 0.6) is 0 Å². The Morgan fingerprint density at radius 2 is 2.16 bits per heavy atom. The molecule has 1 atom stereocenters. The molecular weight excluding hydrogens is 413 g/mol. The Morgan fingerprint density at radius 1 is 1.34 bits per heavy atom. The number of rotatable bonds is 10. The quantitative estimate of drug-likeness (QED) is 0.186. The number of benzene rings is 1. The van der Waals surface area contributed by atoms with E-state index in [9.17, 15) is 9.18 Å². The summed E-state index contributed by atoms with van der Waals surface area (Å²) in [5, 5.41) is 4.17. The highest BCUT2D eigenvalue weighted by Gasteiger charge is 2.27. The van der Waals surface area contributed by atoms with Gasteiger partial charge in [-0.2, -0.15) is 0 Å². The summed E-state index contributed by atoms with van der Waals surface area (Å²) in [6, 6.07) is 4.61. The van der Waals surface area contributed by atoms with Gasteiger partial charge in [-0.25, -0.2) is 4.39 Å². The number of allylic oxidation sites excluding steroid dienone is 2. The second-order valence-corrected chi connectivity index (χ2v) is 8.12. The molecule has 0 spiro atoms. The van der Waals surface area contributed by atoms with Crippen LogP contribution in [-0.2, 0) is 27.3 Å². The van der Waals surface area contributed by atoms with Crippen molar-refractivity contribution < 1.29 is 23.1 Å². The summed E-state index contributed by atoms with van der Waals surface area (Å²) in [6.45, 7) is 6.66. The first-order valence-corrected chi connectivity index (χ1v) is 10.7. The monoisotopic (exact) mass is 441 g/mol. The van der Waals surface area contributed by atoms with Crippen molar-refractivity contribution in [3.63, 3.8) is 0 Å². The number of carbonyl (C=O) groups excluding carboxylic acids is 1. The van der Waals surface area contributed by atoms with E-state index in [4.69, 9.17) is 19.4 Å². The second-order valence-electron chi connectivity index (χ2n) is 8.12. The highest BCUT2D eigenvalue weighted by atomic mass is 19.1. The van der Waals surface area contributed by atoms with E-state index in [0.29, 0.717) is 54.6 Å². The van der Waals surface area contributed by atoms with E-state index in [1.54, 1.807) is 13.0 Å². The molecule has 0 aliphatic heterocycles. The van der Waals surface area contributed by atoms with E-state index in [2.05, 4.69) is 10.0 Å². The van der Waals surface area contributed by atoms with Gasteiger partial charge in [0.05, 0.1) is 18.8 Å². The highest BCUT2D eigenvalue weighted by molar-refractivity contribution is 5.81. The van der Waals surface area contributed by atoms with E-state index in [1.165, 1.54) is 12.1 Å². The number of esters is 1. The predicted octanol–water partition coefficient (Wildman–Crippen LogP) is 6.32. The first kappa shape index (κ1) is 23.6. The maximum atomic E-state index is 14.2. The number of ether oxygens (including phenoxy) is 2. The van der Waals surface area contributed by atoms with Crippen LogP contribution in [0.1, 0.15) is 51.4 Å². The lowest BCUT2D eigenvalue weighted by Gasteiger charge is -2.31. The molecular formula is C24H28FN3O4. The van der Waals surface area contributed by atoms with Crippen LogP contribution in [0.4, 0.5) is 4.39 Å². The minimum atomic E-state index is -0.549. The molecule has 0 radical (unpaired) electrons. The second kappa shape index (κ2) is 10.5. The third-order valence-electron chi connectivity index (χ3n) is 5.49. The van der Waals surface area contributed by atoms with Gasteiger partial charge < -0.3 is 13.9 Å². The fourth-order valence-corrected chi connectivity index (χ4v) is 3.90. The van der Waals surface area contributed by atoms with E-state index < -0.39 is 5.60 Å². The molecule has 1 aromatic carbocycles. The summed E-state index contributed by atoms with van der Waals surface area (Å²) in [5.41, 5.74) is 11.3. The van der Waals surface area contributed by atoms with Crippen molar-refractivity contribution in [1.29, 1.82) is 0 Å². The van der Waals surface area contributed by atoms with E-state index >= 15 is 0 Å². The summed E-state index contributed by atoms with van der Waals surface area (Å²) in [4.78, 5) is 14.4. The lowest BCUT2D eigenvalue weighted by molar-refractivity contribution is -0.143. The molecule has 1 unspecified atom stereocenters. The molecule has 0 bridgehead atoms. The predicted molar refractivity (Wildman–Crippen MR) is 119 cm³/mol. The van der Waals surface area contributed by atoms with Crippen LogP contribution >= 0.6 is 0 Å². The minimum absolute atomic E-state index is 0.184. The average molecular weight is 442 g/mol. The van der Waals surface area contributed by atoms with E-state index in [-0.39, 0.29) is 24.9 Å². The van der Waals surface area contributed by atoms with Crippen LogP contribution in [0.15, 0.2) is 51.0 Å². The maximum absolute atomic E-state index is 14.2. The standard InChI is InChI=1S/C24H28FN3O4/c1-4-30-22(29)6-5-17-7-9-24(3,14-16(17)2)31-15-19-12-20(25)11-18-13-21(32-23(18)19)8-10-27-28-26/h7,9,11-13H,4-6,8,10,14-15H2,1-3H3. The molecule has 1 aliphatic rings. The molecule has 8 heteroatoms.